The van der Waals surface area contributed by atoms with Crippen LogP contribution >= 0.6 is 0 Å². The summed E-state index contributed by atoms with van der Waals surface area (Å²) in [6, 6.07) is 12.5. The van der Waals surface area contributed by atoms with Crippen LogP contribution in [0.5, 0.6) is 0 Å². The smallest absolute Gasteiger partial charge is 0.306 e. The molecule has 5 heteroatoms. The molecule has 22 heavy (non-hydrogen) atoms. The van der Waals surface area contributed by atoms with E-state index in [1.54, 1.807) is 12.1 Å². The Morgan fingerprint density at radius 3 is 2.73 bits per heavy atom. The van der Waals surface area contributed by atoms with E-state index >= 15 is 0 Å². The standard InChI is InChI=1S/C17H19NO4/c19-12-15(16-8-5-11-21-16)18-10-4-9-17(20)22-13-14-6-2-1-3-7-14/h1-3,5-8,11-12,15,18H,4,9-10,13H2. The van der Waals surface area contributed by atoms with Gasteiger partial charge in [-0.2, -0.15) is 0 Å². The maximum atomic E-state index is 11.6. The lowest BCUT2D eigenvalue weighted by molar-refractivity contribution is -0.145. The van der Waals surface area contributed by atoms with Gasteiger partial charge in [-0.15, -0.1) is 0 Å². The van der Waals surface area contributed by atoms with Gasteiger partial charge in [0.15, 0.2) is 0 Å². The summed E-state index contributed by atoms with van der Waals surface area (Å²) in [7, 11) is 0. The van der Waals surface area contributed by atoms with Crippen molar-refractivity contribution in [1.29, 1.82) is 0 Å². The zero-order valence-electron chi connectivity index (χ0n) is 12.2. The molecule has 1 atom stereocenters. The van der Waals surface area contributed by atoms with Crippen LogP contribution in [0.15, 0.2) is 53.1 Å². The number of esters is 1. The zero-order chi connectivity index (χ0) is 15.6. The molecule has 5 nitrogen and oxygen atoms in total. The lowest BCUT2D eigenvalue weighted by atomic mass is 10.2. The number of ether oxygens (including phenoxy) is 1. The average molecular weight is 301 g/mol. The molecular formula is C17H19NO4. The minimum absolute atomic E-state index is 0.244. The summed E-state index contributed by atoms with van der Waals surface area (Å²) in [6.45, 7) is 0.820. The predicted octanol–water partition coefficient (Wildman–Crippen LogP) is 2.63. The summed E-state index contributed by atoms with van der Waals surface area (Å²) >= 11 is 0. The molecule has 1 unspecified atom stereocenters. The van der Waals surface area contributed by atoms with Crippen LogP contribution in [-0.4, -0.2) is 18.8 Å². The van der Waals surface area contributed by atoms with Crippen molar-refractivity contribution in [3.8, 4) is 0 Å². The molecule has 1 heterocycles. The fraction of sp³-hybridized carbons (Fsp3) is 0.294. The predicted molar refractivity (Wildman–Crippen MR) is 81.0 cm³/mol. The third kappa shape index (κ3) is 5.18. The van der Waals surface area contributed by atoms with Crippen LogP contribution in [0.1, 0.15) is 30.2 Å². The molecule has 2 aromatic rings. The molecule has 0 aliphatic heterocycles. The minimum atomic E-state index is -0.477. The average Bonchev–Trinajstić information content (AvgIpc) is 3.08. The van der Waals surface area contributed by atoms with Crippen LogP contribution in [0.25, 0.3) is 0 Å². The van der Waals surface area contributed by atoms with Gasteiger partial charge in [-0.05, 0) is 30.7 Å². The molecule has 1 aromatic heterocycles. The van der Waals surface area contributed by atoms with Crippen LogP contribution in [0, 0.1) is 0 Å². The van der Waals surface area contributed by atoms with Crippen molar-refractivity contribution < 1.29 is 18.7 Å². The molecule has 1 N–H and O–H groups in total. The molecule has 0 saturated heterocycles. The van der Waals surface area contributed by atoms with Gasteiger partial charge in [0.2, 0.25) is 0 Å². The number of benzene rings is 1. The van der Waals surface area contributed by atoms with Gasteiger partial charge in [0.05, 0.1) is 6.26 Å². The SMILES string of the molecule is O=CC(NCCCC(=O)OCc1ccccc1)c1ccco1. The Bertz CT molecular complexity index is 566. The van der Waals surface area contributed by atoms with Gasteiger partial charge in [0.1, 0.15) is 24.7 Å². The summed E-state index contributed by atoms with van der Waals surface area (Å²) in [5.41, 5.74) is 0.966. The van der Waals surface area contributed by atoms with Gasteiger partial charge in [0.25, 0.3) is 0 Å². The van der Waals surface area contributed by atoms with E-state index in [0.717, 1.165) is 11.8 Å². The number of hydrogen-bond donors (Lipinski definition) is 1. The van der Waals surface area contributed by atoms with Crippen LogP contribution in [0.2, 0.25) is 0 Å². The Morgan fingerprint density at radius 1 is 1.23 bits per heavy atom. The van der Waals surface area contributed by atoms with E-state index < -0.39 is 6.04 Å². The molecule has 0 spiro atoms. The van der Waals surface area contributed by atoms with E-state index in [9.17, 15) is 9.59 Å². The van der Waals surface area contributed by atoms with E-state index in [0.29, 0.717) is 25.1 Å². The van der Waals surface area contributed by atoms with Crippen molar-refractivity contribution in [1.82, 2.24) is 5.32 Å². The Labute approximate surface area is 129 Å². The second-order valence-corrected chi connectivity index (χ2v) is 4.83. The van der Waals surface area contributed by atoms with Crippen LogP contribution in [0.3, 0.4) is 0 Å². The largest absolute Gasteiger partial charge is 0.467 e. The normalized spacial score (nSPS) is 11.8. The van der Waals surface area contributed by atoms with E-state index in [4.69, 9.17) is 9.15 Å². The lowest BCUT2D eigenvalue weighted by Crippen LogP contribution is -2.23. The number of carbonyl (C=O) groups excluding carboxylic acids is 2. The molecule has 0 radical (unpaired) electrons. The van der Waals surface area contributed by atoms with Gasteiger partial charge in [-0.3, -0.25) is 4.79 Å². The van der Waals surface area contributed by atoms with Gasteiger partial charge < -0.3 is 19.3 Å². The zero-order valence-corrected chi connectivity index (χ0v) is 12.2. The molecule has 0 aliphatic rings. The Morgan fingerprint density at radius 2 is 2.05 bits per heavy atom. The van der Waals surface area contributed by atoms with Crippen molar-refractivity contribution in [3.63, 3.8) is 0 Å². The first-order chi connectivity index (χ1) is 10.8. The van der Waals surface area contributed by atoms with Gasteiger partial charge >= 0.3 is 5.97 Å². The first kappa shape index (κ1) is 16.0. The van der Waals surface area contributed by atoms with Crippen molar-refractivity contribution >= 4 is 12.3 Å². The summed E-state index contributed by atoms with van der Waals surface area (Å²) in [4.78, 5) is 22.6. The van der Waals surface area contributed by atoms with E-state index in [-0.39, 0.29) is 12.6 Å². The summed E-state index contributed by atoms with van der Waals surface area (Å²) in [5, 5.41) is 3.03. The van der Waals surface area contributed by atoms with Gasteiger partial charge in [-0.25, -0.2) is 0 Å². The third-order valence-electron chi connectivity index (χ3n) is 3.15. The number of aldehydes is 1. The quantitative estimate of drug-likeness (QED) is 0.438. The molecule has 0 bridgehead atoms. The molecule has 0 aliphatic carbocycles. The second-order valence-electron chi connectivity index (χ2n) is 4.83. The highest BCUT2D eigenvalue weighted by atomic mass is 16.5. The van der Waals surface area contributed by atoms with Gasteiger partial charge in [0, 0.05) is 6.42 Å². The Balaban J connectivity index is 1.61. The molecule has 0 saturated carbocycles. The third-order valence-corrected chi connectivity index (χ3v) is 3.15. The Kier molecular flexibility index (Phi) is 6.39. The van der Waals surface area contributed by atoms with E-state index in [1.807, 2.05) is 30.3 Å². The van der Waals surface area contributed by atoms with Crippen LogP contribution < -0.4 is 5.32 Å². The van der Waals surface area contributed by atoms with E-state index in [2.05, 4.69) is 5.32 Å². The first-order valence-corrected chi connectivity index (χ1v) is 7.21. The molecule has 1 aromatic carbocycles. The first-order valence-electron chi connectivity index (χ1n) is 7.21. The summed E-state index contributed by atoms with van der Waals surface area (Å²) < 4.78 is 10.3. The molecule has 0 fully saturated rings. The minimum Gasteiger partial charge on any atom is -0.467 e. The molecular weight excluding hydrogens is 282 g/mol. The lowest BCUT2D eigenvalue weighted by Gasteiger charge is -2.10. The van der Waals surface area contributed by atoms with Gasteiger partial charge in [-0.1, -0.05) is 30.3 Å². The highest BCUT2D eigenvalue weighted by Crippen LogP contribution is 2.10. The van der Waals surface area contributed by atoms with E-state index in [1.165, 1.54) is 6.26 Å². The Hall–Kier alpha value is -2.40. The number of carbonyl (C=O) groups is 2. The fourth-order valence-corrected chi connectivity index (χ4v) is 1.98. The van der Waals surface area contributed by atoms with Crippen molar-refractivity contribution in [2.24, 2.45) is 0 Å². The second kappa shape index (κ2) is 8.79. The maximum Gasteiger partial charge on any atom is 0.306 e. The van der Waals surface area contributed by atoms with Crippen LogP contribution in [-0.2, 0) is 20.9 Å². The maximum absolute atomic E-state index is 11.6. The molecule has 2 rings (SSSR count). The number of rotatable bonds is 9. The molecule has 0 amide bonds. The van der Waals surface area contributed by atoms with Crippen molar-refractivity contribution in [3.05, 3.63) is 60.1 Å². The highest BCUT2D eigenvalue weighted by molar-refractivity contribution is 5.69. The highest BCUT2D eigenvalue weighted by Gasteiger charge is 2.12. The topological polar surface area (TPSA) is 68.5 Å². The molecule has 116 valence electrons. The number of nitrogens with one attached hydrogen (secondary N) is 1. The number of hydrogen-bond acceptors (Lipinski definition) is 5. The summed E-state index contributed by atoms with van der Waals surface area (Å²) in [6.07, 6.45) is 3.21. The number of furan rings is 1. The summed E-state index contributed by atoms with van der Waals surface area (Å²) in [5.74, 6) is 0.327. The fourth-order valence-electron chi connectivity index (χ4n) is 1.98. The van der Waals surface area contributed by atoms with Crippen molar-refractivity contribution in [2.75, 3.05) is 6.54 Å². The van der Waals surface area contributed by atoms with Crippen LogP contribution in [0.4, 0.5) is 0 Å². The monoisotopic (exact) mass is 301 g/mol. The van der Waals surface area contributed by atoms with Crippen molar-refractivity contribution in [2.45, 2.75) is 25.5 Å².